The Kier molecular flexibility index (Phi) is 5.82. The van der Waals surface area contributed by atoms with Gasteiger partial charge in [-0.25, -0.2) is 4.98 Å². The molecule has 2 heterocycles. The Morgan fingerprint density at radius 1 is 0.824 bits per heavy atom. The van der Waals surface area contributed by atoms with Crippen LogP contribution in [0.1, 0.15) is 5.56 Å². The highest BCUT2D eigenvalue weighted by Gasteiger charge is 2.15. The van der Waals surface area contributed by atoms with Gasteiger partial charge in [-0.05, 0) is 23.8 Å². The molecule has 0 amide bonds. The SMILES string of the molecule is COc1cc(OC)cc(N(Cc2ccccc2)c2ccc3ncc(-c4cnn(C)c4)nc3c2)c1. The molecular formula is C27H25N5O2. The summed E-state index contributed by atoms with van der Waals surface area (Å²) in [7, 11) is 5.21. The number of ether oxygens (including phenoxy) is 2. The van der Waals surface area contributed by atoms with Gasteiger partial charge in [0.1, 0.15) is 11.5 Å². The molecule has 0 radical (unpaired) electrons. The average Bonchev–Trinajstić information content (AvgIpc) is 3.33. The number of nitrogens with zero attached hydrogens (tertiary/aromatic N) is 5. The minimum atomic E-state index is 0.665. The van der Waals surface area contributed by atoms with Crippen molar-refractivity contribution in [1.29, 1.82) is 0 Å². The van der Waals surface area contributed by atoms with E-state index in [1.54, 1.807) is 31.3 Å². The van der Waals surface area contributed by atoms with Gasteiger partial charge in [-0.2, -0.15) is 5.10 Å². The molecule has 0 saturated carbocycles. The summed E-state index contributed by atoms with van der Waals surface area (Å²) in [5.74, 6) is 1.46. The zero-order chi connectivity index (χ0) is 23.5. The third kappa shape index (κ3) is 4.41. The van der Waals surface area contributed by atoms with Crippen molar-refractivity contribution in [3.8, 4) is 22.8 Å². The first-order valence-corrected chi connectivity index (χ1v) is 10.9. The molecule has 0 spiro atoms. The molecule has 5 rings (SSSR count). The lowest BCUT2D eigenvalue weighted by Crippen LogP contribution is -2.16. The van der Waals surface area contributed by atoms with Crippen LogP contribution in [0, 0.1) is 0 Å². The number of aryl methyl sites for hydroxylation is 1. The Morgan fingerprint density at radius 2 is 1.59 bits per heavy atom. The number of benzene rings is 3. The summed E-state index contributed by atoms with van der Waals surface area (Å²) in [6.45, 7) is 0.665. The van der Waals surface area contributed by atoms with Gasteiger partial charge in [0.2, 0.25) is 0 Å². The number of methoxy groups -OCH3 is 2. The number of hydrogen-bond acceptors (Lipinski definition) is 6. The summed E-state index contributed by atoms with van der Waals surface area (Å²) in [4.78, 5) is 11.7. The Bertz CT molecular complexity index is 1410. The highest BCUT2D eigenvalue weighted by molar-refractivity contribution is 5.82. The van der Waals surface area contributed by atoms with Crippen LogP contribution in [0.15, 0.2) is 85.3 Å². The summed E-state index contributed by atoms with van der Waals surface area (Å²) < 4.78 is 12.8. The van der Waals surface area contributed by atoms with Crippen molar-refractivity contribution in [2.24, 2.45) is 7.05 Å². The number of aromatic nitrogens is 4. The predicted octanol–water partition coefficient (Wildman–Crippen LogP) is 5.39. The summed E-state index contributed by atoms with van der Waals surface area (Å²) in [5.41, 5.74) is 6.49. The van der Waals surface area contributed by atoms with Crippen molar-refractivity contribution in [3.63, 3.8) is 0 Å². The average molecular weight is 452 g/mol. The molecule has 7 heteroatoms. The third-order valence-corrected chi connectivity index (χ3v) is 5.67. The molecule has 0 unspecified atom stereocenters. The van der Waals surface area contributed by atoms with Gasteiger partial charge in [-0.3, -0.25) is 9.67 Å². The van der Waals surface area contributed by atoms with Crippen molar-refractivity contribution in [3.05, 3.63) is 90.9 Å². The molecular weight excluding hydrogens is 426 g/mol. The van der Waals surface area contributed by atoms with Gasteiger partial charge in [0, 0.05) is 54.9 Å². The Morgan fingerprint density at radius 3 is 2.26 bits per heavy atom. The van der Waals surface area contributed by atoms with E-state index in [1.807, 2.05) is 55.7 Å². The van der Waals surface area contributed by atoms with Crippen LogP contribution in [0.5, 0.6) is 11.5 Å². The molecule has 0 aliphatic carbocycles. The van der Waals surface area contributed by atoms with Crippen molar-refractivity contribution < 1.29 is 9.47 Å². The topological polar surface area (TPSA) is 65.3 Å². The first-order chi connectivity index (χ1) is 16.6. The van der Waals surface area contributed by atoms with Crippen LogP contribution >= 0.6 is 0 Å². The van der Waals surface area contributed by atoms with Gasteiger partial charge in [0.05, 0.1) is 43.3 Å². The van der Waals surface area contributed by atoms with Crippen molar-refractivity contribution >= 4 is 22.4 Å². The smallest absolute Gasteiger partial charge is 0.124 e. The van der Waals surface area contributed by atoms with E-state index in [0.717, 1.165) is 45.2 Å². The molecule has 0 aliphatic rings. The number of hydrogen-bond donors (Lipinski definition) is 0. The van der Waals surface area contributed by atoms with Gasteiger partial charge >= 0.3 is 0 Å². The van der Waals surface area contributed by atoms with Crippen LogP contribution in [0.25, 0.3) is 22.3 Å². The van der Waals surface area contributed by atoms with E-state index in [9.17, 15) is 0 Å². The van der Waals surface area contributed by atoms with Gasteiger partial charge in [-0.15, -0.1) is 0 Å². The van der Waals surface area contributed by atoms with Gasteiger partial charge in [0.15, 0.2) is 0 Å². The maximum absolute atomic E-state index is 5.53. The Labute approximate surface area is 198 Å². The van der Waals surface area contributed by atoms with E-state index in [4.69, 9.17) is 14.5 Å². The second-order valence-corrected chi connectivity index (χ2v) is 7.97. The second kappa shape index (κ2) is 9.23. The van der Waals surface area contributed by atoms with Crippen LogP contribution < -0.4 is 14.4 Å². The molecule has 3 aromatic carbocycles. The number of rotatable bonds is 7. The van der Waals surface area contributed by atoms with E-state index in [1.165, 1.54) is 5.56 Å². The summed E-state index contributed by atoms with van der Waals surface area (Å²) >= 11 is 0. The van der Waals surface area contributed by atoms with Gasteiger partial charge in [-0.1, -0.05) is 30.3 Å². The van der Waals surface area contributed by atoms with Crippen LogP contribution in [0.3, 0.4) is 0 Å². The Hall–Kier alpha value is -4.39. The largest absolute Gasteiger partial charge is 0.497 e. The fraction of sp³-hybridized carbons (Fsp3) is 0.148. The predicted molar refractivity (Wildman–Crippen MR) is 134 cm³/mol. The molecule has 0 atom stereocenters. The molecule has 5 aromatic rings. The summed E-state index contributed by atoms with van der Waals surface area (Å²) in [6.07, 6.45) is 5.52. The molecule has 0 fully saturated rings. The van der Waals surface area contributed by atoms with E-state index in [0.29, 0.717) is 6.54 Å². The summed E-state index contributed by atoms with van der Waals surface area (Å²) in [6, 6.07) is 22.4. The summed E-state index contributed by atoms with van der Waals surface area (Å²) in [5, 5.41) is 4.25. The van der Waals surface area contributed by atoms with Gasteiger partial charge < -0.3 is 14.4 Å². The normalized spacial score (nSPS) is 10.9. The maximum atomic E-state index is 5.53. The molecule has 34 heavy (non-hydrogen) atoms. The van der Waals surface area contributed by atoms with Crippen LogP contribution in [0.2, 0.25) is 0 Å². The van der Waals surface area contributed by atoms with E-state index >= 15 is 0 Å². The fourth-order valence-electron chi connectivity index (χ4n) is 3.91. The standard InChI is InChI=1S/C27H25N5O2/c1-31-18-20(15-29-31)27-16-28-25-10-9-21(13-26(25)30-27)32(17-19-7-5-4-6-8-19)22-11-23(33-2)14-24(12-22)34-3/h4-16,18H,17H2,1-3H3. The molecule has 2 aromatic heterocycles. The van der Waals surface area contributed by atoms with E-state index in [-0.39, 0.29) is 0 Å². The van der Waals surface area contributed by atoms with E-state index in [2.05, 4.69) is 39.2 Å². The highest BCUT2D eigenvalue weighted by atomic mass is 16.5. The monoisotopic (exact) mass is 451 g/mol. The first-order valence-electron chi connectivity index (χ1n) is 10.9. The van der Waals surface area contributed by atoms with Crippen LogP contribution in [-0.4, -0.2) is 34.0 Å². The maximum Gasteiger partial charge on any atom is 0.124 e. The second-order valence-electron chi connectivity index (χ2n) is 7.97. The highest BCUT2D eigenvalue weighted by Crippen LogP contribution is 2.35. The molecule has 0 aliphatic heterocycles. The minimum Gasteiger partial charge on any atom is -0.497 e. The zero-order valence-electron chi connectivity index (χ0n) is 19.3. The molecule has 7 nitrogen and oxygen atoms in total. The van der Waals surface area contributed by atoms with Gasteiger partial charge in [0.25, 0.3) is 0 Å². The lowest BCUT2D eigenvalue weighted by atomic mass is 10.1. The van der Waals surface area contributed by atoms with Crippen molar-refractivity contribution in [2.75, 3.05) is 19.1 Å². The lowest BCUT2D eigenvalue weighted by molar-refractivity contribution is 0.394. The quantitative estimate of drug-likeness (QED) is 0.331. The third-order valence-electron chi connectivity index (χ3n) is 5.67. The molecule has 170 valence electrons. The molecule has 0 saturated heterocycles. The van der Waals surface area contributed by atoms with Crippen molar-refractivity contribution in [2.45, 2.75) is 6.54 Å². The number of anilines is 2. The fourth-order valence-corrected chi connectivity index (χ4v) is 3.91. The first kappa shape index (κ1) is 21.5. The lowest BCUT2D eigenvalue weighted by Gasteiger charge is -2.26. The Balaban J connectivity index is 1.62. The minimum absolute atomic E-state index is 0.665. The zero-order valence-corrected chi connectivity index (χ0v) is 19.3. The molecule has 0 bridgehead atoms. The van der Waals surface area contributed by atoms with Crippen LogP contribution in [-0.2, 0) is 13.6 Å². The number of fused-ring (bicyclic) bond motifs is 1. The van der Waals surface area contributed by atoms with Crippen molar-refractivity contribution in [1.82, 2.24) is 19.7 Å². The van der Waals surface area contributed by atoms with Crippen LogP contribution in [0.4, 0.5) is 11.4 Å². The van der Waals surface area contributed by atoms with E-state index < -0.39 is 0 Å². The molecule has 0 N–H and O–H groups in total.